The van der Waals surface area contributed by atoms with Gasteiger partial charge >= 0.3 is 0 Å². The third-order valence-electron chi connectivity index (χ3n) is 3.92. The van der Waals surface area contributed by atoms with E-state index in [2.05, 4.69) is 33.9 Å². The van der Waals surface area contributed by atoms with Crippen molar-refractivity contribution in [3.05, 3.63) is 0 Å². The van der Waals surface area contributed by atoms with Gasteiger partial charge in [-0.2, -0.15) is 0 Å². The standard InChI is InChI=1S/C12H26O2Si/c1-12(2,3)15(4,5)14-11-9-7-6-8-10(11)13/h10-11,13H,6-9H2,1-5H3/t10-,11-/m0/s1. The largest absolute Gasteiger partial charge is 0.411 e. The first-order valence-electron chi connectivity index (χ1n) is 6.10. The Morgan fingerprint density at radius 1 is 1.13 bits per heavy atom. The zero-order valence-electron chi connectivity index (χ0n) is 10.8. The minimum atomic E-state index is -1.69. The summed E-state index contributed by atoms with van der Waals surface area (Å²) >= 11 is 0. The van der Waals surface area contributed by atoms with Crippen molar-refractivity contribution >= 4 is 8.32 Å². The van der Waals surface area contributed by atoms with E-state index in [4.69, 9.17) is 4.43 Å². The number of rotatable bonds is 2. The monoisotopic (exact) mass is 230 g/mol. The predicted molar refractivity (Wildman–Crippen MR) is 66.5 cm³/mol. The highest BCUT2D eigenvalue weighted by Crippen LogP contribution is 2.39. The van der Waals surface area contributed by atoms with Gasteiger partial charge in [0, 0.05) is 0 Å². The van der Waals surface area contributed by atoms with Crippen molar-refractivity contribution in [2.45, 2.75) is 76.8 Å². The second-order valence-corrected chi connectivity index (χ2v) is 11.0. The molecule has 0 aliphatic heterocycles. The Hall–Kier alpha value is 0.137. The van der Waals surface area contributed by atoms with Crippen LogP contribution in [-0.2, 0) is 4.43 Å². The Bertz CT molecular complexity index is 208. The summed E-state index contributed by atoms with van der Waals surface area (Å²) in [7, 11) is -1.69. The summed E-state index contributed by atoms with van der Waals surface area (Å²) in [6.45, 7) is 11.2. The van der Waals surface area contributed by atoms with E-state index < -0.39 is 8.32 Å². The maximum atomic E-state index is 9.90. The van der Waals surface area contributed by atoms with Crippen LogP contribution in [0.15, 0.2) is 0 Å². The second kappa shape index (κ2) is 4.56. The van der Waals surface area contributed by atoms with Crippen LogP contribution in [0.4, 0.5) is 0 Å². The van der Waals surface area contributed by atoms with Crippen LogP contribution in [0, 0.1) is 0 Å². The van der Waals surface area contributed by atoms with Crippen LogP contribution in [0.2, 0.25) is 18.1 Å². The molecule has 0 aromatic rings. The molecule has 0 bridgehead atoms. The van der Waals surface area contributed by atoms with Crippen molar-refractivity contribution in [2.24, 2.45) is 0 Å². The lowest BCUT2D eigenvalue weighted by molar-refractivity contribution is -0.000962. The summed E-state index contributed by atoms with van der Waals surface area (Å²) in [5.41, 5.74) is 0. The highest BCUT2D eigenvalue weighted by atomic mass is 28.4. The predicted octanol–water partition coefficient (Wildman–Crippen LogP) is 3.31. The van der Waals surface area contributed by atoms with Crippen LogP contribution >= 0.6 is 0 Å². The minimum Gasteiger partial charge on any atom is -0.411 e. The molecular weight excluding hydrogens is 204 g/mol. The van der Waals surface area contributed by atoms with E-state index in [-0.39, 0.29) is 17.2 Å². The maximum absolute atomic E-state index is 9.90. The van der Waals surface area contributed by atoms with Crippen molar-refractivity contribution in [1.82, 2.24) is 0 Å². The van der Waals surface area contributed by atoms with Gasteiger partial charge in [-0.15, -0.1) is 0 Å². The highest BCUT2D eigenvalue weighted by Gasteiger charge is 2.40. The minimum absolute atomic E-state index is 0.0969. The number of aliphatic hydroxyl groups excluding tert-OH is 1. The second-order valence-electron chi connectivity index (χ2n) is 6.27. The van der Waals surface area contributed by atoms with Gasteiger partial charge in [-0.25, -0.2) is 0 Å². The molecule has 1 N–H and O–H groups in total. The molecule has 0 amide bonds. The Morgan fingerprint density at radius 2 is 1.67 bits per heavy atom. The maximum Gasteiger partial charge on any atom is 0.192 e. The Morgan fingerprint density at radius 3 is 2.13 bits per heavy atom. The van der Waals surface area contributed by atoms with Crippen LogP contribution in [0.1, 0.15) is 46.5 Å². The van der Waals surface area contributed by atoms with Gasteiger partial charge in [0.2, 0.25) is 0 Å². The van der Waals surface area contributed by atoms with E-state index >= 15 is 0 Å². The molecule has 90 valence electrons. The van der Waals surface area contributed by atoms with Crippen molar-refractivity contribution < 1.29 is 9.53 Å². The average molecular weight is 230 g/mol. The molecule has 1 fully saturated rings. The molecule has 0 spiro atoms. The van der Waals surface area contributed by atoms with Gasteiger partial charge in [0.05, 0.1) is 12.2 Å². The third kappa shape index (κ3) is 3.30. The van der Waals surface area contributed by atoms with Crippen molar-refractivity contribution in [3.8, 4) is 0 Å². The van der Waals surface area contributed by atoms with Gasteiger partial charge < -0.3 is 9.53 Å². The van der Waals surface area contributed by atoms with Crippen molar-refractivity contribution in [2.75, 3.05) is 0 Å². The number of hydrogen-bond donors (Lipinski definition) is 1. The average Bonchev–Trinajstić information content (AvgIpc) is 2.06. The van der Waals surface area contributed by atoms with E-state index in [0.717, 1.165) is 19.3 Å². The fraction of sp³-hybridized carbons (Fsp3) is 1.00. The molecule has 15 heavy (non-hydrogen) atoms. The zero-order valence-corrected chi connectivity index (χ0v) is 11.8. The number of aliphatic hydroxyl groups is 1. The molecule has 1 rings (SSSR count). The van der Waals surface area contributed by atoms with E-state index in [1.807, 2.05) is 0 Å². The SMILES string of the molecule is CC(C)(C)[Si](C)(C)O[C@H]1CCCC[C@@H]1O. The van der Waals surface area contributed by atoms with Crippen LogP contribution in [0.3, 0.4) is 0 Å². The number of hydrogen-bond acceptors (Lipinski definition) is 2. The molecule has 3 heteroatoms. The normalized spacial score (nSPS) is 29.2. The van der Waals surface area contributed by atoms with Crippen molar-refractivity contribution in [1.29, 1.82) is 0 Å². The highest BCUT2D eigenvalue weighted by molar-refractivity contribution is 6.74. The van der Waals surface area contributed by atoms with E-state index in [1.165, 1.54) is 6.42 Å². The Labute approximate surface area is 95.2 Å². The lowest BCUT2D eigenvalue weighted by atomic mass is 9.95. The summed E-state index contributed by atoms with van der Waals surface area (Å²) in [6.07, 6.45) is 4.18. The molecule has 0 aromatic heterocycles. The van der Waals surface area contributed by atoms with Gasteiger partial charge in [-0.3, -0.25) is 0 Å². The molecule has 2 atom stereocenters. The molecule has 0 radical (unpaired) electrons. The van der Waals surface area contributed by atoms with Crippen LogP contribution in [0.25, 0.3) is 0 Å². The summed E-state index contributed by atoms with van der Waals surface area (Å²) < 4.78 is 6.24. The lowest BCUT2D eigenvalue weighted by Gasteiger charge is -2.41. The molecule has 0 aromatic carbocycles. The van der Waals surface area contributed by atoms with Crippen LogP contribution < -0.4 is 0 Å². The molecule has 0 unspecified atom stereocenters. The van der Waals surface area contributed by atoms with Gasteiger partial charge in [-0.05, 0) is 31.0 Å². The summed E-state index contributed by atoms with van der Waals surface area (Å²) in [4.78, 5) is 0. The fourth-order valence-electron chi connectivity index (χ4n) is 1.77. The van der Waals surface area contributed by atoms with E-state index in [1.54, 1.807) is 0 Å². The first-order valence-corrected chi connectivity index (χ1v) is 9.01. The molecule has 1 aliphatic rings. The smallest absolute Gasteiger partial charge is 0.192 e. The molecule has 2 nitrogen and oxygen atoms in total. The van der Waals surface area contributed by atoms with Crippen LogP contribution in [-0.4, -0.2) is 25.6 Å². The van der Waals surface area contributed by atoms with E-state index in [9.17, 15) is 5.11 Å². The molecule has 1 saturated carbocycles. The molecule has 1 aliphatic carbocycles. The van der Waals surface area contributed by atoms with Gasteiger partial charge in [0.1, 0.15) is 0 Å². The first-order chi connectivity index (χ1) is 6.74. The van der Waals surface area contributed by atoms with Gasteiger partial charge in [0.15, 0.2) is 8.32 Å². The molecule has 0 saturated heterocycles. The van der Waals surface area contributed by atoms with Crippen LogP contribution in [0.5, 0.6) is 0 Å². The molecular formula is C12H26O2Si. The Kier molecular flexibility index (Phi) is 4.01. The topological polar surface area (TPSA) is 29.5 Å². The van der Waals surface area contributed by atoms with E-state index in [0.29, 0.717) is 0 Å². The lowest BCUT2D eigenvalue weighted by Crippen LogP contribution is -2.47. The van der Waals surface area contributed by atoms with Crippen molar-refractivity contribution in [3.63, 3.8) is 0 Å². The summed E-state index contributed by atoms with van der Waals surface area (Å²) in [5, 5.41) is 10.1. The van der Waals surface area contributed by atoms with Gasteiger partial charge in [-0.1, -0.05) is 33.6 Å². The third-order valence-corrected chi connectivity index (χ3v) is 8.42. The zero-order chi connectivity index (χ0) is 11.7. The Balaban J connectivity index is 2.59. The summed E-state index contributed by atoms with van der Waals surface area (Å²) in [5.74, 6) is 0. The quantitative estimate of drug-likeness (QED) is 0.738. The van der Waals surface area contributed by atoms with Gasteiger partial charge in [0.25, 0.3) is 0 Å². The molecule has 0 heterocycles. The fourth-order valence-corrected chi connectivity index (χ4v) is 3.16. The summed E-state index contributed by atoms with van der Waals surface area (Å²) in [6, 6.07) is 0. The first kappa shape index (κ1) is 13.2.